The minimum atomic E-state index is 0.218. The molecule has 1 unspecified atom stereocenters. The van der Waals surface area contributed by atoms with Crippen LogP contribution in [-0.4, -0.2) is 49.3 Å². The van der Waals surface area contributed by atoms with E-state index in [1.54, 1.807) is 0 Å². The Bertz CT molecular complexity index is 247. The topological polar surface area (TPSA) is 24.5 Å². The minimum absolute atomic E-state index is 0.218. The van der Waals surface area contributed by atoms with Crippen molar-refractivity contribution >= 4 is 0 Å². The van der Waals surface area contributed by atoms with Gasteiger partial charge in [0.1, 0.15) is 0 Å². The van der Waals surface area contributed by atoms with E-state index >= 15 is 0 Å². The van der Waals surface area contributed by atoms with Gasteiger partial charge in [-0.1, -0.05) is 33.6 Å². The lowest BCUT2D eigenvalue weighted by atomic mass is 9.87. The van der Waals surface area contributed by atoms with Crippen molar-refractivity contribution in [2.24, 2.45) is 5.92 Å². The molecule has 0 radical (unpaired) electrons. The van der Waals surface area contributed by atoms with E-state index in [9.17, 15) is 0 Å². The summed E-state index contributed by atoms with van der Waals surface area (Å²) in [7, 11) is 0. The number of hydrogen-bond donors (Lipinski definition) is 1. The van der Waals surface area contributed by atoms with Gasteiger partial charge < -0.3 is 10.1 Å². The fraction of sp³-hybridized carbons (Fsp3) is 1.00. The Hall–Kier alpha value is -0.120. The molecule has 1 fully saturated rings. The average molecular weight is 284 g/mol. The van der Waals surface area contributed by atoms with E-state index < -0.39 is 0 Å². The van der Waals surface area contributed by atoms with Gasteiger partial charge in [0.25, 0.3) is 0 Å². The van der Waals surface area contributed by atoms with Crippen LogP contribution in [0.2, 0.25) is 0 Å². The molecule has 3 nitrogen and oxygen atoms in total. The van der Waals surface area contributed by atoms with Crippen LogP contribution in [0.25, 0.3) is 0 Å². The number of hydrogen-bond acceptors (Lipinski definition) is 3. The van der Waals surface area contributed by atoms with E-state index in [-0.39, 0.29) is 5.54 Å². The van der Waals surface area contributed by atoms with Crippen molar-refractivity contribution in [2.75, 3.05) is 32.8 Å². The van der Waals surface area contributed by atoms with E-state index in [0.29, 0.717) is 6.04 Å². The summed E-state index contributed by atoms with van der Waals surface area (Å²) < 4.78 is 5.51. The molecular formula is C17H36N2O. The van der Waals surface area contributed by atoms with Gasteiger partial charge in [0, 0.05) is 24.7 Å². The third-order valence-corrected chi connectivity index (χ3v) is 4.59. The molecule has 1 N–H and O–H groups in total. The molecule has 0 aromatic heterocycles. The highest BCUT2D eigenvalue weighted by molar-refractivity contribution is 4.94. The predicted octanol–water partition coefficient (Wildman–Crippen LogP) is 3.29. The van der Waals surface area contributed by atoms with Gasteiger partial charge in [0.15, 0.2) is 0 Å². The Morgan fingerprint density at radius 3 is 2.35 bits per heavy atom. The number of morpholine rings is 1. The van der Waals surface area contributed by atoms with Gasteiger partial charge in [-0.2, -0.15) is 0 Å². The molecule has 120 valence electrons. The molecule has 20 heavy (non-hydrogen) atoms. The highest BCUT2D eigenvalue weighted by Gasteiger charge is 2.35. The predicted molar refractivity (Wildman–Crippen MR) is 87.2 cm³/mol. The molecular weight excluding hydrogens is 248 g/mol. The number of nitrogens with zero attached hydrogens (tertiary/aromatic N) is 1. The Balaban J connectivity index is 2.57. The van der Waals surface area contributed by atoms with E-state index in [0.717, 1.165) is 38.8 Å². The highest BCUT2D eigenvalue weighted by atomic mass is 16.5. The van der Waals surface area contributed by atoms with Crippen molar-refractivity contribution in [1.29, 1.82) is 0 Å². The summed E-state index contributed by atoms with van der Waals surface area (Å²) in [6.07, 6.45) is 5.15. The third-order valence-electron chi connectivity index (χ3n) is 4.59. The summed E-state index contributed by atoms with van der Waals surface area (Å²) in [6.45, 7) is 16.7. The molecule has 0 aromatic carbocycles. The van der Waals surface area contributed by atoms with Crippen molar-refractivity contribution in [1.82, 2.24) is 10.2 Å². The summed E-state index contributed by atoms with van der Waals surface area (Å²) in [6, 6.07) is 0.583. The fourth-order valence-corrected chi connectivity index (χ4v) is 3.11. The zero-order valence-electron chi connectivity index (χ0n) is 14.4. The van der Waals surface area contributed by atoms with Crippen molar-refractivity contribution in [2.45, 2.75) is 71.9 Å². The van der Waals surface area contributed by atoms with Crippen LogP contribution in [0.15, 0.2) is 0 Å². The van der Waals surface area contributed by atoms with E-state index in [4.69, 9.17) is 4.74 Å². The van der Waals surface area contributed by atoms with Crippen LogP contribution in [-0.2, 0) is 4.74 Å². The van der Waals surface area contributed by atoms with Gasteiger partial charge in [-0.3, -0.25) is 4.90 Å². The lowest BCUT2D eigenvalue weighted by Gasteiger charge is -2.46. The smallest absolute Gasteiger partial charge is 0.0594 e. The first-order valence-corrected chi connectivity index (χ1v) is 8.54. The zero-order chi connectivity index (χ0) is 15.0. The lowest BCUT2D eigenvalue weighted by molar-refractivity contribution is -0.0246. The molecule has 0 aromatic rings. The van der Waals surface area contributed by atoms with Gasteiger partial charge in [-0.15, -0.1) is 0 Å². The minimum Gasteiger partial charge on any atom is -0.379 e. The number of ether oxygens (including phenoxy) is 1. The van der Waals surface area contributed by atoms with E-state index in [1.165, 1.54) is 25.7 Å². The van der Waals surface area contributed by atoms with Gasteiger partial charge in [0.2, 0.25) is 0 Å². The quantitative estimate of drug-likeness (QED) is 0.703. The second kappa shape index (κ2) is 9.01. The summed E-state index contributed by atoms with van der Waals surface area (Å²) in [5.41, 5.74) is 0.218. The van der Waals surface area contributed by atoms with Crippen LogP contribution >= 0.6 is 0 Å². The first-order valence-electron chi connectivity index (χ1n) is 8.54. The van der Waals surface area contributed by atoms with Crippen molar-refractivity contribution < 1.29 is 4.74 Å². The van der Waals surface area contributed by atoms with Crippen LogP contribution in [0.5, 0.6) is 0 Å². The second-order valence-electron chi connectivity index (χ2n) is 7.08. The van der Waals surface area contributed by atoms with Gasteiger partial charge in [0.05, 0.1) is 13.2 Å². The summed E-state index contributed by atoms with van der Waals surface area (Å²) >= 11 is 0. The Labute approximate surface area is 126 Å². The SMILES string of the molecule is CCCNC(CCCC(C)C)C(C)(C)N1CCOCC1. The van der Waals surface area contributed by atoms with Gasteiger partial charge in [-0.25, -0.2) is 0 Å². The van der Waals surface area contributed by atoms with Gasteiger partial charge >= 0.3 is 0 Å². The molecule has 1 atom stereocenters. The van der Waals surface area contributed by atoms with Crippen LogP contribution in [0.3, 0.4) is 0 Å². The standard InChI is InChI=1S/C17H36N2O/c1-6-10-18-16(9-7-8-15(2)3)17(4,5)19-11-13-20-14-12-19/h15-16,18H,6-14H2,1-5H3. The molecule has 0 spiro atoms. The molecule has 1 aliphatic heterocycles. The highest BCUT2D eigenvalue weighted by Crippen LogP contribution is 2.24. The first kappa shape index (κ1) is 17.9. The largest absolute Gasteiger partial charge is 0.379 e. The molecule has 1 saturated heterocycles. The second-order valence-corrected chi connectivity index (χ2v) is 7.08. The van der Waals surface area contributed by atoms with Crippen LogP contribution in [0.1, 0.15) is 60.3 Å². The summed E-state index contributed by atoms with van der Waals surface area (Å²) in [5.74, 6) is 0.813. The molecule has 3 heteroatoms. The van der Waals surface area contributed by atoms with Crippen molar-refractivity contribution in [3.63, 3.8) is 0 Å². The van der Waals surface area contributed by atoms with Crippen LogP contribution in [0.4, 0.5) is 0 Å². The third kappa shape index (κ3) is 5.71. The normalized spacial score (nSPS) is 19.5. The Morgan fingerprint density at radius 1 is 1.15 bits per heavy atom. The monoisotopic (exact) mass is 284 g/mol. The Kier molecular flexibility index (Phi) is 8.08. The van der Waals surface area contributed by atoms with Crippen molar-refractivity contribution in [3.05, 3.63) is 0 Å². The first-order chi connectivity index (χ1) is 9.48. The molecule has 0 bridgehead atoms. The fourth-order valence-electron chi connectivity index (χ4n) is 3.11. The molecule has 1 rings (SSSR count). The molecule has 0 saturated carbocycles. The maximum Gasteiger partial charge on any atom is 0.0594 e. The maximum atomic E-state index is 5.51. The molecule has 0 amide bonds. The van der Waals surface area contributed by atoms with Crippen molar-refractivity contribution in [3.8, 4) is 0 Å². The summed E-state index contributed by atoms with van der Waals surface area (Å²) in [5, 5.41) is 3.80. The molecule has 0 aliphatic carbocycles. The number of rotatable bonds is 9. The van der Waals surface area contributed by atoms with E-state index in [1.807, 2.05) is 0 Å². The summed E-state index contributed by atoms with van der Waals surface area (Å²) in [4.78, 5) is 2.61. The van der Waals surface area contributed by atoms with E-state index in [2.05, 4.69) is 44.8 Å². The zero-order valence-corrected chi connectivity index (χ0v) is 14.4. The Morgan fingerprint density at radius 2 is 1.80 bits per heavy atom. The number of nitrogens with one attached hydrogen (secondary N) is 1. The lowest BCUT2D eigenvalue weighted by Crippen LogP contribution is -2.60. The van der Waals surface area contributed by atoms with Crippen LogP contribution in [0, 0.1) is 5.92 Å². The maximum absolute atomic E-state index is 5.51. The average Bonchev–Trinajstić information content (AvgIpc) is 2.43. The van der Waals surface area contributed by atoms with Crippen LogP contribution < -0.4 is 5.32 Å². The molecule has 1 heterocycles. The molecule has 1 aliphatic rings. The van der Waals surface area contributed by atoms with Gasteiger partial charge in [-0.05, 0) is 39.2 Å².